The molecular weight excluding hydrogens is 369 g/mol. The third kappa shape index (κ3) is 7.06. The van der Waals surface area contributed by atoms with Crippen LogP contribution in [0, 0.1) is 0 Å². The van der Waals surface area contributed by atoms with Crippen LogP contribution in [0.1, 0.15) is 0 Å². The summed E-state index contributed by atoms with van der Waals surface area (Å²) in [6.45, 7) is -3.34. The minimum absolute atomic E-state index is 0.0301. The maximum Gasteiger partial charge on any atom is 0.422 e. The highest BCUT2D eigenvalue weighted by atomic mass is 32.1. The second-order valence-corrected chi connectivity index (χ2v) is 4.88. The van der Waals surface area contributed by atoms with E-state index < -0.39 is 43.2 Å². The molecule has 0 fully saturated rings. The standard InChI is InChI=1S/C12H11F7N2O2S/c13-9(14)11(15,16)4-22-7-1-6(21-10(20)24)2-8(3-7)23-5-12(17,18)19/h1-3,9H,4-5H2,(H3,20,21,24). The number of benzene rings is 1. The summed E-state index contributed by atoms with van der Waals surface area (Å²) in [5.41, 5.74) is 5.16. The van der Waals surface area contributed by atoms with Crippen molar-refractivity contribution in [2.24, 2.45) is 5.73 Å². The fourth-order valence-electron chi connectivity index (χ4n) is 1.36. The van der Waals surface area contributed by atoms with Crippen LogP contribution in [0.2, 0.25) is 0 Å². The molecule has 0 unspecified atom stereocenters. The Hall–Kier alpha value is -1.98. The topological polar surface area (TPSA) is 56.5 Å². The highest BCUT2D eigenvalue weighted by molar-refractivity contribution is 7.80. The van der Waals surface area contributed by atoms with E-state index in [0.29, 0.717) is 0 Å². The average molecular weight is 380 g/mol. The second kappa shape index (κ2) is 7.73. The van der Waals surface area contributed by atoms with Crippen LogP contribution in [0.3, 0.4) is 0 Å². The summed E-state index contributed by atoms with van der Waals surface area (Å²) in [5.74, 6) is -5.28. The third-order valence-electron chi connectivity index (χ3n) is 2.30. The van der Waals surface area contributed by atoms with Crippen molar-refractivity contribution < 1.29 is 40.2 Å². The van der Waals surface area contributed by atoms with Gasteiger partial charge in [-0.3, -0.25) is 0 Å². The Balaban J connectivity index is 2.94. The summed E-state index contributed by atoms with van der Waals surface area (Å²) >= 11 is 4.53. The van der Waals surface area contributed by atoms with Gasteiger partial charge in [0.2, 0.25) is 0 Å². The quantitative estimate of drug-likeness (QED) is 0.560. The van der Waals surface area contributed by atoms with Gasteiger partial charge >= 0.3 is 18.5 Å². The smallest absolute Gasteiger partial charge is 0.422 e. The summed E-state index contributed by atoms with van der Waals surface area (Å²) in [4.78, 5) is 0. The zero-order valence-corrected chi connectivity index (χ0v) is 12.5. The van der Waals surface area contributed by atoms with Gasteiger partial charge in [-0.25, -0.2) is 8.78 Å². The van der Waals surface area contributed by atoms with E-state index in [2.05, 4.69) is 27.0 Å². The minimum atomic E-state index is -4.64. The summed E-state index contributed by atoms with van der Waals surface area (Å²) in [5, 5.41) is 2.06. The van der Waals surface area contributed by atoms with E-state index in [9.17, 15) is 30.7 Å². The van der Waals surface area contributed by atoms with Crippen LogP contribution in [-0.2, 0) is 0 Å². The predicted molar refractivity (Wildman–Crippen MR) is 74.8 cm³/mol. The van der Waals surface area contributed by atoms with E-state index in [4.69, 9.17) is 5.73 Å². The van der Waals surface area contributed by atoms with Gasteiger partial charge in [0.25, 0.3) is 0 Å². The largest absolute Gasteiger partial charge is 0.487 e. The number of halogens is 7. The molecule has 0 heterocycles. The van der Waals surface area contributed by atoms with Gasteiger partial charge in [-0.15, -0.1) is 0 Å². The predicted octanol–water partition coefficient (Wildman–Crippen LogP) is 3.56. The van der Waals surface area contributed by atoms with Crippen LogP contribution < -0.4 is 20.5 Å². The van der Waals surface area contributed by atoms with Crippen LogP contribution in [0.5, 0.6) is 11.5 Å². The first-order chi connectivity index (χ1) is 10.9. The highest BCUT2D eigenvalue weighted by Gasteiger charge is 2.41. The lowest BCUT2D eigenvalue weighted by molar-refractivity contribution is -0.153. The van der Waals surface area contributed by atoms with Gasteiger partial charge in [-0.1, -0.05) is 0 Å². The monoisotopic (exact) mass is 380 g/mol. The van der Waals surface area contributed by atoms with Crippen LogP contribution in [-0.4, -0.2) is 36.9 Å². The maximum absolute atomic E-state index is 12.8. The van der Waals surface area contributed by atoms with Crippen molar-refractivity contribution in [3.63, 3.8) is 0 Å². The van der Waals surface area contributed by atoms with Gasteiger partial charge in [0, 0.05) is 23.9 Å². The third-order valence-corrected chi connectivity index (χ3v) is 2.40. The zero-order chi connectivity index (χ0) is 18.5. The van der Waals surface area contributed by atoms with Gasteiger partial charge in [0.15, 0.2) is 18.3 Å². The maximum atomic E-state index is 12.8. The molecule has 0 bridgehead atoms. The van der Waals surface area contributed by atoms with Gasteiger partial charge in [-0.05, 0) is 12.2 Å². The van der Waals surface area contributed by atoms with Crippen molar-refractivity contribution >= 4 is 23.0 Å². The second-order valence-electron chi connectivity index (χ2n) is 4.44. The number of nitrogens with one attached hydrogen (secondary N) is 1. The molecule has 0 aromatic heterocycles. The molecule has 136 valence electrons. The van der Waals surface area contributed by atoms with Gasteiger partial charge in [0.1, 0.15) is 11.5 Å². The molecule has 3 N–H and O–H groups in total. The SMILES string of the molecule is NC(=S)Nc1cc(OCC(F)(F)F)cc(OCC(F)(F)C(F)F)c1. The van der Waals surface area contributed by atoms with E-state index in [1.165, 1.54) is 0 Å². The molecule has 0 saturated carbocycles. The molecule has 0 amide bonds. The van der Waals surface area contributed by atoms with E-state index in [-0.39, 0.29) is 10.8 Å². The van der Waals surface area contributed by atoms with Gasteiger partial charge in [0.05, 0.1) is 0 Å². The van der Waals surface area contributed by atoms with Crippen molar-refractivity contribution in [3.05, 3.63) is 18.2 Å². The molecular formula is C12H11F7N2O2S. The number of thiocarbonyl (C=S) groups is 1. The molecule has 0 atom stereocenters. The lowest BCUT2D eigenvalue weighted by Gasteiger charge is -2.17. The van der Waals surface area contributed by atoms with Crippen LogP contribution in [0.15, 0.2) is 18.2 Å². The lowest BCUT2D eigenvalue weighted by Crippen LogP contribution is -2.33. The Labute approximate surface area is 136 Å². The number of rotatable bonds is 7. The first kappa shape index (κ1) is 20.1. The number of alkyl halides is 7. The lowest BCUT2D eigenvalue weighted by atomic mass is 10.2. The summed E-state index contributed by atoms with van der Waals surface area (Å²) < 4.78 is 95.2. The van der Waals surface area contributed by atoms with Crippen molar-refractivity contribution in [1.29, 1.82) is 0 Å². The molecule has 0 spiro atoms. The molecule has 0 aliphatic rings. The molecule has 0 radical (unpaired) electrons. The molecule has 24 heavy (non-hydrogen) atoms. The Morgan fingerprint density at radius 2 is 1.54 bits per heavy atom. The number of anilines is 1. The molecule has 1 aromatic rings. The summed E-state index contributed by atoms with van der Waals surface area (Å²) in [6, 6.07) is 2.90. The zero-order valence-electron chi connectivity index (χ0n) is 11.7. The highest BCUT2D eigenvalue weighted by Crippen LogP contribution is 2.30. The molecule has 0 aliphatic carbocycles. The summed E-state index contributed by atoms with van der Waals surface area (Å²) in [7, 11) is 0. The fourth-order valence-corrected chi connectivity index (χ4v) is 1.48. The number of ether oxygens (including phenoxy) is 2. The van der Waals surface area contributed by atoms with E-state index in [1.807, 2.05) is 0 Å². The number of hydrogen-bond acceptors (Lipinski definition) is 3. The normalized spacial score (nSPS) is 12.2. The van der Waals surface area contributed by atoms with Crippen LogP contribution in [0.4, 0.5) is 36.4 Å². The Morgan fingerprint density at radius 1 is 1.04 bits per heavy atom. The van der Waals surface area contributed by atoms with Crippen molar-refractivity contribution in [2.45, 2.75) is 18.5 Å². The van der Waals surface area contributed by atoms with Crippen LogP contribution >= 0.6 is 12.2 Å². The Bertz CT molecular complexity index is 581. The summed E-state index contributed by atoms with van der Waals surface area (Å²) in [6.07, 6.45) is -8.60. The molecule has 12 heteroatoms. The molecule has 1 aromatic carbocycles. The minimum Gasteiger partial charge on any atom is -0.487 e. The van der Waals surface area contributed by atoms with E-state index in [1.54, 1.807) is 0 Å². The van der Waals surface area contributed by atoms with E-state index in [0.717, 1.165) is 18.2 Å². The Morgan fingerprint density at radius 3 is 1.96 bits per heavy atom. The first-order valence-electron chi connectivity index (χ1n) is 6.09. The van der Waals surface area contributed by atoms with Gasteiger partial charge in [-0.2, -0.15) is 22.0 Å². The Kier molecular flexibility index (Phi) is 6.46. The van der Waals surface area contributed by atoms with Crippen molar-refractivity contribution in [3.8, 4) is 11.5 Å². The number of nitrogens with two attached hydrogens (primary N) is 1. The average Bonchev–Trinajstić information content (AvgIpc) is 2.41. The molecule has 0 aliphatic heterocycles. The molecule has 0 saturated heterocycles. The number of hydrogen-bond donors (Lipinski definition) is 2. The van der Waals surface area contributed by atoms with Gasteiger partial charge < -0.3 is 20.5 Å². The van der Waals surface area contributed by atoms with Crippen LogP contribution in [0.25, 0.3) is 0 Å². The first-order valence-corrected chi connectivity index (χ1v) is 6.50. The fraction of sp³-hybridized carbons (Fsp3) is 0.417. The molecule has 4 nitrogen and oxygen atoms in total. The molecule has 1 rings (SSSR count). The van der Waals surface area contributed by atoms with Crippen molar-refractivity contribution in [2.75, 3.05) is 18.5 Å². The van der Waals surface area contributed by atoms with Crippen molar-refractivity contribution in [1.82, 2.24) is 0 Å². The van der Waals surface area contributed by atoms with E-state index >= 15 is 0 Å².